The van der Waals surface area contributed by atoms with Crippen LogP contribution in [0.4, 0.5) is 8.78 Å². The van der Waals surface area contributed by atoms with E-state index >= 15 is 0 Å². The topological polar surface area (TPSA) is 41.9 Å². The van der Waals surface area contributed by atoms with Crippen LogP contribution in [0.1, 0.15) is 22.8 Å². The van der Waals surface area contributed by atoms with Gasteiger partial charge in [0, 0.05) is 19.6 Å². The summed E-state index contributed by atoms with van der Waals surface area (Å²) in [7, 11) is 0. The molecule has 0 amide bonds. The molecule has 1 saturated heterocycles. The van der Waals surface area contributed by atoms with E-state index < -0.39 is 17.7 Å². The predicted molar refractivity (Wildman–Crippen MR) is 98.9 cm³/mol. The fourth-order valence-corrected chi connectivity index (χ4v) is 3.20. The van der Waals surface area contributed by atoms with Gasteiger partial charge in [-0.15, -0.1) is 0 Å². The van der Waals surface area contributed by atoms with Gasteiger partial charge in [0.05, 0.1) is 12.7 Å². The van der Waals surface area contributed by atoms with Crippen molar-refractivity contribution in [2.75, 3.05) is 32.8 Å². The zero-order chi connectivity index (χ0) is 19.4. The molecule has 0 saturated carbocycles. The third-order valence-electron chi connectivity index (χ3n) is 4.92. The molecule has 2 aromatic rings. The average molecular weight is 377 g/mol. The summed E-state index contributed by atoms with van der Waals surface area (Å²) in [6, 6.07) is 9.65. The molecule has 3 rings (SSSR count). The Morgan fingerprint density at radius 2 is 2.04 bits per heavy atom. The lowest BCUT2D eigenvalue weighted by Crippen LogP contribution is -2.43. The Labute approximate surface area is 158 Å². The first-order chi connectivity index (χ1) is 12.9. The van der Waals surface area contributed by atoms with Crippen molar-refractivity contribution in [1.29, 1.82) is 0 Å². The minimum absolute atomic E-state index is 0.192. The minimum atomic E-state index is -0.879. The number of rotatable bonds is 6. The monoisotopic (exact) mass is 377 g/mol. The highest BCUT2D eigenvalue weighted by Gasteiger charge is 2.24. The zero-order valence-electron chi connectivity index (χ0n) is 15.6. The molecule has 0 aliphatic carbocycles. The van der Waals surface area contributed by atoms with Crippen LogP contribution in [0.15, 0.2) is 36.4 Å². The van der Waals surface area contributed by atoms with E-state index in [0.717, 1.165) is 22.9 Å². The number of halogens is 2. The Balaban J connectivity index is 1.53. The summed E-state index contributed by atoms with van der Waals surface area (Å²) in [5.41, 5.74) is 2.80. The number of benzene rings is 2. The van der Waals surface area contributed by atoms with Crippen molar-refractivity contribution in [2.45, 2.75) is 26.1 Å². The highest BCUT2D eigenvalue weighted by molar-refractivity contribution is 5.38. The van der Waals surface area contributed by atoms with E-state index in [9.17, 15) is 13.9 Å². The Morgan fingerprint density at radius 3 is 2.81 bits per heavy atom. The van der Waals surface area contributed by atoms with Crippen molar-refractivity contribution in [2.24, 2.45) is 0 Å². The molecule has 0 spiro atoms. The van der Waals surface area contributed by atoms with Gasteiger partial charge < -0.3 is 14.6 Å². The molecule has 2 aromatic carbocycles. The molecule has 1 aliphatic heterocycles. The lowest BCUT2D eigenvalue weighted by atomic mass is 10.1. The number of β-amino-alcohol motifs (C(OH)–C–C–N with tert-alkyl or cyclic N) is 1. The van der Waals surface area contributed by atoms with Crippen LogP contribution in [0.25, 0.3) is 0 Å². The number of morpholine rings is 1. The third kappa shape index (κ3) is 5.03. The first-order valence-electron chi connectivity index (χ1n) is 9.10. The second-order valence-corrected chi connectivity index (χ2v) is 6.96. The number of nitrogens with zero attached hydrogens (tertiary/aromatic N) is 1. The highest BCUT2D eigenvalue weighted by atomic mass is 19.2. The Kier molecular flexibility index (Phi) is 6.42. The number of aliphatic hydroxyl groups excluding tert-OH is 1. The molecular formula is C21H25F2NO3. The van der Waals surface area contributed by atoms with Gasteiger partial charge in [0.1, 0.15) is 18.5 Å². The smallest absolute Gasteiger partial charge is 0.159 e. The van der Waals surface area contributed by atoms with Gasteiger partial charge in [-0.1, -0.05) is 18.2 Å². The van der Waals surface area contributed by atoms with Gasteiger partial charge in [-0.25, -0.2) is 8.78 Å². The lowest BCUT2D eigenvalue weighted by Gasteiger charge is -2.34. The standard InChI is InChI=1S/C21H25F2NO3/c1-14-4-3-5-20(15(14)2)27-13-17(25)11-24-8-9-26-21(12-24)16-6-7-18(22)19(23)10-16/h3-7,10,17,21,25H,8-9,11-13H2,1-2H3. The summed E-state index contributed by atoms with van der Waals surface area (Å²) in [5.74, 6) is -0.976. The van der Waals surface area contributed by atoms with Crippen LogP contribution in [0.2, 0.25) is 0 Å². The Hall–Kier alpha value is -2.02. The van der Waals surface area contributed by atoms with E-state index in [1.54, 1.807) is 0 Å². The van der Waals surface area contributed by atoms with Crippen molar-refractivity contribution in [3.05, 3.63) is 64.7 Å². The molecule has 27 heavy (non-hydrogen) atoms. The summed E-state index contributed by atoms with van der Waals surface area (Å²) in [6.45, 7) is 6.27. The summed E-state index contributed by atoms with van der Waals surface area (Å²) < 4.78 is 38.0. The summed E-state index contributed by atoms with van der Waals surface area (Å²) >= 11 is 0. The van der Waals surface area contributed by atoms with Gasteiger partial charge in [-0.05, 0) is 48.7 Å². The van der Waals surface area contributed by atoms with Crippen LogP contribution >= 0.6 is 0 Å². The molecule has 1 aliphatic rings. The van der Waals surface area contributed by atoms with Gasteiger partial charge >= 0.3 is 0 Å². The van der Waals surface area contributed by atoms with Crippen LogP contribution in [-0.2, 0) is 4.74 Å². The van der Waals surface area contributed by atoms with Crippen LogP contribution in [0.3, 0.4) is 0 Å². The van der Waals surface area contributed by atoms with Crippen LogP contribution < -0.4 is 4.74 Å². The largest absolute Gasteiger partial charge is 0.491 e. The average Bonchev–Trinajstić information content (AvgIpc) is 2.65. The zero-order valence-corrected chi connectivity index (χ0v) is 15.6. The fraction of sp³-hybridized carbons (Fsp3) is 0.429. The normalized spacial score (nSPS) is 19.1. The van der Waals surface area contributed by atoms with E-state index in [1.165, 1.54) is 12.1 Å². The van der Waals surface area contributed by atoms with Crippen molar-refractivity contribution >= 4 is 0 Å². The summed E-state index contributed by atoms with van der Waals surface area (Å²) in [6.07, 6.45) is -1.00. The second-order valence-electron chi connectivity index (χ2n) is 6.96. The molecule has 1 heterocycles. The fourth-order valence-electron chi connectivity index (χ4n) is 3.20. The van der Waals surface area contributed by atoms with E-state index in [0.29, 0.717) is 31.8 Å². The van der Waals surface area contributed by atoms with Gasteiger partial charge in [0.15, 0.2) is 11.6 Å². The SMILES string of the molecule is Cc1cccc(OCC(O)CN2CCOC(c3ccc(F)c(F)c3)C2)c1C. The van der Waals surface area contributed by atoms with E-state index in [4.69, 9.17) is 9.47 Å². The number of hydrogen-bond acceptors (Lipinski definition) is 4. The Bertz CT molecular complexity index is 784. The molecule has 2 atom stereocenters. The van der Waals surface area contributed by atoms with E-state index in [2.05, 4.69) is 0 Å². The van der Waals surface area contributed by atoms with Gasteiger partial charge in [-0.2, -0.15) is 0 Å². The maximum Gasteiger partial charge on any atom is 0.159 e. The number of aryl methyl sites for hydroxylation is 1. The van der Waals surface area contributed by atoms with Crippen LogP contribution in [0.5, 0.6) is 5.75 Å². The molecule has 4 nitrogen and oxygen atoms in total. The molecule has 6 heteroatoms. The first-order valence-corrected chi connectivity index (χ1v) is 9.10. The van der Waals surface area contributed by atoms with Crippen LogP contribution in [-0.4, -0.2) is 49.0 Å². The quantitative estimate of drug-likeness (QED) is 0.838. The molecule has 1 fully saturated rings. The molecule has 0 aromatic heterocycles. The molecule has 0 radical (unpaired) electrons. The third-order valence-corrected chi connectivity index (χ3v) is 4.92. The predicted octanol–water partition coefficient (Wildman–Crippen LogP) is 3.39. The van der Waals surface area contributed by atoms with Gasteiger partial charge in [0.2, 0.25) is 0 Å². The van der Waals surface area contributed by atoms with Crippen molar-refractivity contribution in [3.63, 3.8) is 0 Å². The van der Waals surface area contributed by atoms with Crippen LogP contribution in [0, 0.1) is 25.5 Å². The van der Waals surface area contributed by atoms with E-state index in [-0.39, 0.29) is 12.7 Å². The lowest BCUT2D eigenvalue weighted by molar-refractivity contribution is -0.0461. The van der Waals surface area contributed by atoms with Gasteiger partial charge in [-0.3, -0.25) is 4.90 Å². The van der Waals surface area contributed by atoms with Crippen molar-refractivity contribution in [1.82, 2.24) is 4.90 Å². The van der Waals surface area contributed by atoms with Crippen molar-refractivity contribution < 1.29 is 23.4 Å². The molecule has 1 N–H and O–H groups in total. The Morgan fingerprint density at radius 1 is 1.22 bits per heavy atom. The first kappa shape index (κ1) is 19.7. The molecule has 0 bridgehead atoms. The molecule has 146 valence electrons. The second kappa shape index (κ2) is 8.78. The van der Waals surface area contributed by atoms with E-state index in [1.807, 2.05) is 36.9 Å². The van der Waals surface area contributed by atoms with Gasteiger partial charge in [0.25, 0.3) is 0 Å². The molecular weight excluding hydrogens is 352 g/mol. The maximum atomic E-state index is 13.5. The maximum absolute atomic E-state index is 13.5. The molecule has 2 unspecified atom stereocenters. The number of aliphatic hydroxyl groups is 1. The minimum Gasteiger partial charge on any atom is -0.491 e. The number of hydrogen-bond donors (Lipinski definition) is 1. The summed E-state index contributed by atoms with van der Waals surface area (Å²) in [5, 5.41) is 10.3. The highest BCUT2D eigenvalue weighted by Crippen LogP contribution is 2.24. The number of ether oxygens (including phenoxy) is 2. The van der Waals surface area contributed by atoms with Crippen molar-refractivity contribution in [3.8, 4) is 5.75 Å². The summed E-state index contributed by atoms with van der Waals surface area (Å²) in [4.78, 5) is 2.05.